The lowest BCUT2D eigenvalue weighted by molar-refractivity contribution is 0.0866. The third kappa shape index (κ3) is 1.73. The maximum atomic E-state index is 9.95. The number of hydrogen-bond acceptors (Lipinski definition) is 3. The molecule has 25 heavy (non-hydrogen) atoms. The van der Waals surface area contributed by atoms with Crippen LogP contribution < -0.4 is 4.74 Å². The Labute approximate surface area is 149 Å². The molecule has 1 aromatic rings. The summed E-state index contributed by atoms with van der Waals surface area (Å²) in [6.07, 6.45) is 9.52. The van der Waals surface area contributed by atoms with Crippen LogP contribution >= 0.6 is 0 Å². The van der Waals surface area contributed by atoms with E-state index in [1.165, 1.54) is 36.1 Å². The third-order valence-electron chi connectivity index (χ3n) is 7.28. The van der Waals surface area contributed by atoms with Crippen molar-refractivity contribution in [2.75, 3.05) is 19.7 Å². The second kappa shape index (κ2) is 4.77. The van der Waals surface area contributed by atoms with E-state index in [0.29, 0.717) is 6.04 Å². The van der Waals surface area contributed by atoms with E-state index in [2.05, 4.69) is 36.1 Å². The highest BCUT2D eigenvalue weighted by atomic mass is 16.5. The van der Waals surface area contributed by atoms with E-state index in [4.69, 9.17) is 4.74 Å². The van der Waals surface area contributed by atoms with Crippen molar-refractivity contribution in [3.05, 3.63) is 52.1 Å². The summed E-state index contributed by atoms with van der Waals surface area (Å²) in [5.41, 5.74) is 6.74. The van der Waals surface area contributed by atoms with Crippen molar-refractivity contribution in [3.63, 3.8) is 0 Å². The van der Waals surface area contributed by atoms with Crippen LogP contribution in [0.1, 0.15) is 36.0 Å². The third-order valence-corrected chi connectivity index (χ3v) is 7.28. The van der Waals surface area contributed by atoms with Gasteiger partial charge in [0.2, 0.25) is 0 Å². The van der Waals surface area contributed by atoms with Crippen LogP contribution in [0.25, 0.3) is 0 Å². The van der Waals surface area contributed by atoms with Crippen LogP contribution in [0.3, 0.4) is 0 Å². The molecule has 1 N–H and O–H groups in total. The molecule has 1 spiro atoms. The van der Waals surface area contributed by atoms with E-state index in [1.54, 1.807) is 5.57 Å². The minimum Gasteiger partial charge on any atom is -0.484 e. The minimum absolute atomic E-state index is 0.00164. The number of rotatable bonds is 3. The van der Waals surface area contributed by atoms with Gasteiger partial charge in [-0.25, -0.2) is 0 Å². The van der Waals surface area contributed by atoms with Crippen LogP contribution in [0.4, 0.5) is 0 Å². The second-order valence-electron chi connectivity index (χ2n) is 8.64. The molecule has 0 amide bonds. The summed E-state index contributed by atoms with van der Waals surface area (Å²) in [6.45, 7) is 4.66. The molecule has 5 aliphatic rings. The summed E-state index contributed by atoms with van der Waals surface area (Å²) in [7, 11) is 0. The maximum absolute atomic E-state index is 9.95. The number of benzene rings is 1. The van der Waals surface area contributed by atoms with Gasteiger partial charge in [0.15, 0.2) is 0 Å². The molecule has 2 fully saturated rings. The Bertz CT molecular complexity index is 835. The molecule has 1 saturated heterocycles. The topological polar surface area (TPSA) is 32.7 Å². The molecule has 1 saturated carbocycles. The number of aliphatic hydroxyl groups excluding tert-OH is 1. The fraction of sp³-hybridized carbons (Fsp3) is 0.545. The van der Waals surface area contributed by atoms with Gasteiger partial charge in [-0.1, -0.05) is 24.3 Å². The molecule has 0 aromatic heterocycles. The van der Waals surface area contributed by atoms with E-state index >= 15 is 0 Å². The standard InChI is InChI=1S/C22H25NO2/c1-13-2-5-15-10-18-17-7-6-16(12-24)21-22(17,19(15)20(13)25-21)8-9-23(18)11-14-3-4-14/h2,5-7,14,18,21,24H,3-4,8-12H2,1H3/t18-,21?,22+/m0/s1. The van der Waals surface area contributed by atoms with Crippen molar-refractivity contribution in [2.45, 2.75) is 50.2 Å². The first-order valence-corrected chi connectivity index (χ1v) is 9.78. The summed E-state index contributed by atoms with van der Waals surface area (Å²) < 4.78 is 6.55. The molecular formula is C22H25NO2. The predicted octanol–water partition coefficient (Wildman–Crippen LogP) is 2.89. The van der Waals surface area contributed by atoms with Crippen LogP contribution in [-0.4, -0.2) is 41.8 Å². The largest absolute Gasteiger partial charge is 0.484 e. The van der Waals surface area contributed by atoms with Crippen molar-refractivity contribution in [1.82, 2.24) is 4.90 Å². The van der Waals surface area contributed by atoms with Crippen molar-refractivity contribution in [1.29, 1.82) is 0 Å². The number of aryl methyl sites for hydroxylation is 1. The van der Waals surface area contributed by atoms with Gasteiger partial charge in [-0.15, -0.1) is 0 Å². The molecule has 1 unspecified atom stereocenters. The van der Waals surface area contributed by atoms with Crippen molar-refractivity contribution in [3.8, 4) is 5.75 Å². The molecule has 130 valence electrons. The van der Waals surface area contributed by atoms with Crippen LogP contribution in [0.2, 0.25) is 0 Å². The van der Waals surface area contributed by atoms with Crippen molar-refractivity contribution >= 4 is 0 Å². The first kappa shape index (κ1) is 14.6. The summed E-state index contributed by atoms with van der Waals surface area (Å²) in [5.74, 6) is 2.02. The Morgan fingerprint density at radius 2 is 2.16 bits per heavy atom. The lowest BCUT2D eigenvalue weighted by Crippen LogP contribution is -2.59. The molecule has 2 aliphatic heterocycles. The normalized spacial score (nSPS) is 35.0. The molecule has 6 rings (SSSR count). The van der Waals surface area contributed by atoms with Gasteiger partial charge in [-0.05, 0) is 60.8 Å². The Morgan fingerprint density at radius 3 is 2.96 bits per heavy atom. The van der Waals surface area contributed by atoms with Crippen LogP contribution in [0.15, 0.2) is 35.4 Å². The monoisotopic (exact) mass is 335 g/mol. The predicted molar refractivity (Wildman–Crippen MR) is 96.9 cm³/mol. The van der Waals surface area contributed by atoms with Crippen LogP contribution in [-0.2, 0) is 11.8 Å². The Kier molecular flexibility index (Phi) is 2.78. The molecular weight excluding hydrogens is 310 g/mol. The van der Waals surface area contributed by atoms with Gasteiger partial charge in [-0.3, -0.25) is 4.90 Å². The Hall–Kier alpha value is -1.58. The second-order valence-corrected chi connectivity index (χ2v) is 8.64. The van der Waals surface area contributed by atoms with Gasteiger partial charge in [-0.2, -0.15) is 0 Å². The van der Waals surface area contributed by atoms with Gasteiger partial charge in [0.25, 0.3) is 0 Å². The number of likely N-dealkylation sites (tertiary alicyclic amines) is 1. The molecule has 0 radical (unpaired) electrons. The highest BCUT2D eigenvalue weighted by Crippen LogP contribution is 2.61. The molecule has 3 heteroatoms. The van der Waals surface area contributed by atoms with Crippen molar-refractivity contribution in [2.24, 2.45) is 5.92 Å². The quantitative estimate of drug-likeness (QED) is 0.922. The average molecular weight is 335 g/mol. The summed E-state index contributed by atoms with van der Waals surface area (Å²) in [4.78, 5) is 2.74. The van der Waals surface area contributed by atoms with Crippen LogP contribution in [0, 0.1) is 12.8 Å². The summed E-state index contributed by atoms with van der Waals surface area (Å²) in [5, 5.41) is 9.95. The molecule has 2 bridgehead atoms. The van der Waals surface area contributed by atoms with Gasteiger partial charge < -0.3 is 9.84 Å². The van der Waals surface area contributed by atoms with Crippen molar-refractivity contribution < 1.29 is 9.84 Å². The van der Waals surface area contributed by atoms with Gasteiger partial charge in [0.05, 0.1) is 12.0 Å². The van der Waals surface area contributed by atoms with Gasteiger partial charge in [0, 0.05) is 24.7 Å². The first-order valence-electron chi connectivity index (χ1n) is 9.78. The number of allylic oxidation sites excluding steroid dienone is 2. The van der Waals surface area contributed by atoms with E-state index in [0.717, 1.165) is 36.6 Å². The molecule has 2 heterocycles. The average Bonchev–Trinajstić information content (AvgIpc) is 3.37. The Balaban J connectivity index is 1.57. The smallest absolute Gasteiger partial charge is 0.136 e. The SMILES string of the molecule is Cc1ccc2c3c1OC1C(CO)=CC=C4[C@H](C2)N(CC2CC2)CC[C@@]431. The number of aliphatic hydroxyl groups is 1. The Morgan fingerprint density at radius 1 is 1.28 bits per heavy atom. The van der Waals surface area contributed by atoms with Gasteiger partial charge in [0.1, 0.15) is 11.9 Å². The number of ether oxygens (including phenoxy) is 1. The highest BCUT2D eigenvalue weighted by molar-refractivity contribution is 5.66. The fourth-order valence-electron chi connectivity index (χ4n) is 5.92. The van der Waals surface area contributed by atoms with E-state index in [9.17, 15) is 5.11 Å². The van der Waals surface area contributed by atoms with Crippen LogP contribution in [0.5, 0.6) is 5.75 Å². The summed E-state index contributed by atoms with van der Waals surface area (Å²) in [6, 6.07) is 5.07. The fourth-order valence-corrected chi connectivity index (χ4v) is 5.92. The summed E-state index contributed by atoms with van der Waals surface area (Å²) >= 11 is 0. The molecule has 1 aromatic carbocycles. The molecule has 3 atom stereocenters. The maximum Gasteiger partial charge on any atom is 0.136 e. The number of nitrogens with zero attached hydrogens (tertiary/aromatic N) is 1. The van der Waals surface area contributed by atoms with E-state index in [1.807, 2.05) is 0 Å². The number of piperidine rings is 1. The highest BCUT2D eigenvalue weighted by Gasteiger charge is 2.61. The number of hydrogen-bond donors (Lipinski definition) is 1. The lowest BCUT2D eigenvalue weighted by Gasteiger charge is -2.54. The first-order chi connectivity index (χ1) is 12.2. The lowest BCUT2D eigenvalue weighted by atomic mass is 9.56. The van der Waals surface area contributed by atoms with E-state index in [-0.39, 0.29) is 18.1 Å². The zero-order valence-electron chi connectivity index (χ0n) is 14.8. The zero-order valence-corrected chi connectivity index (χ0v) is 14.8. The zero-order chi connectivity index (χ0) is 16.8. The molecule has 3 nitrogen and oxygen atoms in total. The van der Waals surface area contributed by atoms with Gasteiger partial charge >= 0.3 is 0 Å². The van der Waals surface area contributed by atoms with E-state index < -0.39 is 0 Å². The minimum atomic E-state index is -0.0214. The molecule has 3 aliphatic carbocycles.